The van der Waals surface area contributed by atoms with E-state index in [1.54, 1.807) is 0 Å². The molecule has 1 aliphatic rings. The summed E-state index contributed by atoms with van der Waals surface area (Å²) in [5.74, 6) is -0.626. The van der Waals surface area contributed by atoms with E-state index < -0.39 is 10.7 Å². The van der Waals surface area contributed by atoms with Crippen molar-refractivity contribution in [1.82, 2.24) is 5.32 Å². The quantitative estimate of drug-likeness (QED) is 0.684. The predicted molar refractivity (Wildman–Crippen MR) is 81.6 cm³/mol. The van der Waals surface area contributed by atoms with Gasteiger partial charge in [0, 0.05) is 37.3 Å². The van der Waals surface area contributed by atoms with Gasteiger partial charge in [-0.1, -0.05) is 25.4 Å². The zero-order valence-corrected chi connectivity index (χ0v) is 12.9. The van der Waals surface area contributed by atoms with Crippen molar-refractivity contribution in [3.05, 3.63) is 33.1 Å². The molecule has 1 aromatic rings. The van der Waals surface area contributed by atoms with Crippen LogP contribution in [-0.2, 0) is 0 Å². The zero-order chi connectivity index (χ0) is 15.6. The van der Waals surface area contributed by atoms with Crippen molar-refractivity contribution in [3.63, 3.8) is 0 Å². The molecule has 2 rings (SSSR count). The Morgan fingerprint density at radius 1 is 1.48 bits per heavy atom. The minimum Gasteiger partial charge on any atom is -0.360 e. The number of benzene rings is 1. The molecule has 0 spiro atoms. The largest absolute Gasteiger partial charge is 0.360 e. The second kappa shape index (κ2) is 6.58. The van der Waals surface area contributed by atoms with Gasteiger partial charge in [0.15, 0.2) is 0 Å². The van der Waals surface area contributed by atoms with E-state index in [2.05, 4.69) is 12.2 Å². The van der Waals surface area contributed by atoms with Crippen LogP contribution in [0.25, 0.3) is 0 Å². The topological polar surface area (TPSA) is 58.4 Å². The number of nitrogens with zero attached hydrogens (tertiary/aromatic N) is 2. The maximum atomic E-state index is 13.8. The van der Waals surface area contributed by atoms with E-state index in [4.69, 9.17) is 11.6 Å². The maximum Gasteiger partial charge on any atom is 0.294 e. The van der Waals surface area contributed by atoms with E-state index in [0.717, 1.165) is 25.5 Å². The Morgan fingerprint density at radius 3 is 2.76 bits per heavy atom. The highest BCUT2D eigenvalue weighted by atomic mass is 35.5. The van der Waals surface area contributed by atoms with Crippen LogP contribution in [-0.4, -0.2) is 30.1 Å². The number of nitrogens with one attached hydrogen (secondary N) is 1. The van der Waals surface area contributed by atoms with Crippen molar-refractivity contribution in [1.29, 1.82) is 0 Å². The van der Waals surface area contributed by atoms with Crippen LogP contribution in [0.1, 0.15) is 26.7 Å². The lowest BCUT2D eigenvalue weighted by Gasteiger charge is -2.41. The van der Waals surface area contributed by atoms with Gasteiger partial charge in [-0.25, -0.2) is 4.39 Å². The molecule has 1 saturated heterocycles. The molecule has 0 radical (unpaired) electrons. The Balaban J connectivity index is 2.46. The molecule has 0 saturated carbocycles. The first kappa shape index (κ1) is 16.0. The summed E-state index contributed by atoms with van der Waals surface area (Å²) in [6.07, 6.45) is 1.74. The van der Waals surface area contributed by atoms with Gasteiger partial charge in [-0.05, 0) is 12.8 Å². The van der Waals surface area contributed by atoms with E-state index in [1.165, 1.54) is 6.07 Å². The molecule has 2 atom stereocenters. The Labute approximate surface area is 128 Å². The molecular formula is C14H19ClFN3O2. The molecule has 5 nitrogen and oxygen atoms in total. The fourth-order valence-corrected chi connectivity index (χ4v) is 2.86. The van der Waals surface area contributed by atoms with E-state index in [9.17, 15) is 14.5 Å². The van der Waals surface area contributed by atoms with Crippen molar-refractivity contribution in [3.8, 4) is 0 Å². The first-order chi connectivity index (χ1) is 9.97. The Bertz CT molecular complexity index is 541. The van der Waals surface area contributed by atoms with Crippen LogP contribution in [0.2, 0.25) is 5.02 Å². The van der Waals surface area contributed by atoms with Gasteiger partial charge in [0.1, 0.15) is 11.5 Å². The number of anilines is 1. The maximum absolute atomic E-state index is 13.8. The minimum absolute atomic E-state index is 0.104. The molecular weight excluding hydrogens is 297 g/mol. The van der Waals surface area contributed by atoms with Gasteiger partial charge in [0.2, 0.25) is 0 Å². The summed E-state index contributed by atoms with van der Waals surface area (Å²) in [7, 11) is 0. The van der Waals surface area contributed by atoms with Crippen LogP contribution in [0.5, 0.6) is 0 Å². The number of nitro benzene ring substituents is 1. The average molecular weight is 316 g/mol. The average Bonchev–Trinajstić information content (AvgIpc) is 2.48. The number of hydrogen-bond acceptors (Lipinski definition) is 4. The fourth-order valence-electron chi connectivity index (χ4n) is 2.70. The third-order valence-corrected chi connectivity index (χ3v) is 4.28. The fraction of sp³-hybridized carbons (Fsp3) is 0.571. The van der Waals surface area contributed by atoms with Crippen molar-refractivity contribution in [2.45, 2.75) is 38.8 Å². The number of nitro groups is 1. The Hall–Kier alpha value is -1.40. The molecule has 116 valence electrons. The summed E-state index contributed by atoms with van der Waals surface area (Å²) < 4.78 is 13.8. The second-order valence-corrected chi connectivity index (χ2v) is 5.65. The van der Waals surface area contributed by atoms with Crippen molar-refractivity contribution >= 4 is 23.0 Å². The van der Waals surface area contributed by atoms with Gasteiger partial charge in [-0.3, -0.25) is 10.1 Å². The third kappa shape index (κ3) is 3.27. The summed E-state index contributed by atoms with van der Waals surface area (Å²) in [4.78, 5) is 12.7. The van der Waals surface area contributed by atoms with Gasteiger partial charge < -0.3 is 10.2 Å². The molecule has 1 fully saturated rings. The Kier molecular flexibility index (Phi) is 5.00. The summed E-state index contributed by atoms with van der Waals surface area (Å²) >= 11 is 5.68. The standard InChI is InChI=1S/C14H19ClFN3O2/c1-3-9-8-18(10(4-2)7-17-9)13-6-12(16)11(15)5-14(13)19(20)21/h5-6,9-10,17H,3-4,7-8H2,1-2H3. The smallest absolute Gasteiger partial charge is 0.294 e. The van der Waals surface area contributed by atoms with Gasteiger partial charge in [-0.15, -0.1) is 0 Å². The molecule has 0 aliphatic carbocycles. The van der Waals surface area contributed by atoms with E-state index in [-0.39, 0.29) is 22.8 Å². The van der Waals surface area contributed by atoms with E-state index >= 15 is 0 Å². The highest BCUT2D eigenvalue weighted by molar-refractivity contribution is 6.31. The molecule has 7 heteroatoms. The lowest BCUT2D eigenvalue weighted by Crippen LogP contribution is -2.56. The molecule has 1 aliphatic heterocycles. The molecule has 0 bridgehead atoms. The van der Waals surface area contributed by atoms with Gasteiger partial charge >= 0.3 is 0 Å². The lowest BCUT2D eigenvalue weighted by atomic mass is 10.0. The third-order valence-electron chi connectivity index (χ3n) is 3.99. The van der Waals surface area contributed by atoms with Crippen LogP contribution in [0.4, 0.5) is 15.8 Å². The second-order valence-electron chi connectivity index (χ2n) is 5.24. The number of rotatable bonds is 4. The van der Waals surface area contributed by atoms with Crippen LogP contribution < -0.4 is 10.2 Å². The molecule has 0 aromatic heterocycles. The Morgan fingerprint density at radius 2 is 2.19 bits per heavy atom. The zero-order valence-electron chi connectivity index (χ0n) is 12.1. The minimum atomic E-state index is -0.626. The van der Waals surface area contributed by atoms with Crippen LogP contribution in [0.15, 0.2) is 12.1 Å². The van der Waals surface area contributed by atoms with Crippen molar-refractivity contribution in [2.75, 3.05) is 18.0 Å². The van der Waals surface area contributed by atoms with Crippen molar-refractivity contribution < 1.29 is 9.31 Å². The van der Waals surface area contributed by atoms with Crippen LogP contribution in [0, 0.1) is 15.9 Å². The predicted octanol–water partition coefficient (Wildman–Crippen LogP) is 3.35. The van der Waals surface area contributed by atoms with Crippen LogP contribution in [0.3, 0.4) is 0 Å². The van der Waals surface area contributed by atoms with Crippen molar-refractivity contribution in [2.24, 2.45) is 0 Å². The number of hydrogen-bond donors (Lipinski definition) is 1. The highest BCUT2D eigenvalue weighted by Gasteiger charge is 2.31. The molecule has 1 aromatic carbocycles. The summed E-state index contributed by atoms with van der Waals surface area (Å²) in [6.45, 7) is 5.43. The van der Waals surface area contributed by atoms with Gasteiger partial charge in [0.25, 0.3) is 5.69 Å². The molecule has 1 N–H and O–H groups in total. The molecule has 0 amide bonds. The molecule has 1 heterocycles. The summed E-state index contributed by atoms with van der Waals surface area (Å²) in [5.41, 5.74) is 0.172. The highest BCUT2D eigenvalue weighted by Crippen LogP contribution is 2.35. The number of piperazine rings is 1. The SMILES string of the molecule is CCC1CN(c2cc(F)c(Cl)cc2[N+](=O)[O-])C(CC)CN1. The van der Waals surface area contributed by atoms with Gasteiger partial charge in [0.05, 0.1) is 9.95 Å². The first-order valence-electron chi connectivity index (χ1n) is 7.11. The molecule has 21 heavy (non-hydrogen) atoms. The summed E-state index contributed by atoms with van der Waals surface area (Å²) in [5, 5.41) is 14.4. The van der Waals surface area contributed by atoms with Crippen LogP contribution >= 0.6 is 11.6 Å². The van der Waals surface area contributed by atoms with E-state index in [0.29, 0.717) is 12.2 Å². The normalized spacial score (nSPS) is 22.4. The number of halogens is 2. The monoisotopic (exact) mass is 315 g/mol. The summed E-state index contributed by atoms with van der Waals surface area (Å²) in [6, 6.07) is 2.63. The lowest BCUT2D eigenvalue weighted by molar-refractivity contribution is -0.384. The molecule has 2 unspecified atom stereocenters. The van der Waals surface area contributed by atoms with E-state index in [1.807, 2.05) is 11.8 Å². The first-order valence-corrected chi connectivity index (χ1v) is 7.49. The van der Waals surface area contributed by atoms with Gasteiger partial charge in [-0.2, -0.15) is 0 Å².